The van der Waals surface area contributed by atoms with Crippen LogP contribution in [-0.4, -0.2) is 66.4 Å². The standard InChI is InChI=1S/C21H32N2O3S/c1-3-4-9-27-14-17-10-20(26-15(17)2)21(24)22-7-8-23-18(11-22)12-25-13-19(23)16-5-6-16/h10,16,18-19H,3-9,11-14H2,1-2H3/t18-,19-/m1/s1. The first-order valence-corrected chi connectivity index (χ1v) is 11.6. The molecule has 2 aliphatic heterocycles. The van der Waals surface area contributed by atoms with Crippen molar-refractivity contribution in [3.05, 3.63) is 23.2 Å². The van der Waals surface area contributed by atoms with E-state index >= 15 is 0 Å². The van der Waals surface area contributed by atoms with Crippen molar-refractivity contribution in [2.45, 2.75) is 57.4 Å². The molecular weight excluding hydrogens is 360 g/mol. The summed E-state index contributed by atoms with van der Waals surface area (Å²) in [4.78, 5) is 17.6. The molecule has 0 radical (unpaired) electrons. The fourth-order valence-corrected chi connectivity index (χ4v) is 5.44. The van der Waals surface area contributed by atoms with Gasteiger partial charge in [0.05, 0.1) is 19.3 Å². The Hall–Kier alpha value is -0.980. The lowest BCUT2D eigenvalue weighted by Gasteiger charge is -2.48. The first-order valence-electron chi connectivity index (χ1n) is 10.5. The zero-order chi connectivity index (χ0) is 18.8. The molecule has 1 amide bonds. The highest BCUT2D eigenvalue weighted by atomic mass is 32.2. The van der Waals surface area contributed by atoms with Crippen molar-refractivity contribution in [2.24, 2.45) is 5.92 Å². The van der Waals surface area contributed by atoms with Crippen molar-refractivity contribution in [1.82, 2.24) is 9.80 Å². The molecule has 0 aromatic carbocycles. The largest absolute Gasteiger partial charge is 0.456 e. The number of amides is 1. The van der Waals surface area contributed by atoms with Gasteiger partial charge in [-0.05, 0) is 43.9 Å². The van der Waals surface area contributed by atoms with Gasteiger partial charge in [0.25, 0.3) is 5.91 Å². The zero-order valence-electron chi connectivity index (χ0n) is 16.6. The highest BCUT2D eigenvalue weighted by Crippen LogP contribution is 2.38. The van der Waals surface area contributed by atoms with Crippen molar-refractivity contribution >= 4 is 17.7 Å². The van der Waals surface area contributed by atoms with Crippen molar-refractivity contribution < 1.29 is 13.9 Å². The molecule has 2 saturated heterocycles. The van der Waals surface area contributed by atoms with Gasteiger partial charge in [0, 0.05) is 37.0 Å². The normalized spacial score (nSPS) is 26.2. The molecule has 0 N–H and O–H groups in total. The Labute approximate surface area is 166 Å². The van der Waals surface area contributed by atoms with Crippen molar-refractivity contribution in [1.29, 1.82) is 0 Å². The maximum Gasteiger partial charge on any atom is 0.289 e. The van der Waals surface area contributed by atoms with Crippen molar-refractivity contribution in [3.63, 3.8) is 0 Å². The molecule has 4 rings (SSSR count). The number of ether oxygens (including phenoxy) is 1. The Morgan fingerprint density at radius 2 is 2.15 bits per heavy atom. The molecule has 1 aromatic heterocycles. The molecule has 6 heteroatoms. The highest BCUT2D eigenvalue weighted by molar-refractivity contribution is 7.98. The first kappa shape index (κ1) is 19.3. The first-order chi connectivity index (χ1) is 13.2. The van der Waals surface area contributed by atoms with Gasteiger partial charge in [0.15, 0.2) is 5.76 Å². The Bertz CT molecular complexity index is 658. The molecule has 3 heterocycles. The molecule has 2 atom stereocenters. The van der Waals surface area contributed by atoms with Crippen LogP contribution in [0, 0.1) is 12.8 Å². The molecule has 27 heavy (non-hydrogen) atoms. The lowest BCUT2D eigenvalue weighted by Crippen LogP contribution is -2.63. The summed E-state index contributed by atoms with van der Waals surface area (Å²) in [5.41, 5.74) is 1.16. The Kier molecular flexibility index (Phi) is 6.15. The van der Waals surface area contributed by atoms with E-state index in [4.69, 9.17) is 9.15 Å². The number of unbranched alkanes of at least 4 members (excludes halogenated alkanes) is 1. The summed E-state index contributed by atoms with van der Waals surface area (Å²) in [5.74, 6) is 4.33. The minimum atomic E-state index is 0.0381. The number of hydrogen-bond acceptors (Lipinski definition) is 5. The number of hydrogen-bond donors (Lipinski definition) is 0. The van der Waals surface area contributed by atoms with Gasteiger partial charge in [0.2, 0.25) is 0 Å². The van der Waals surface area contributed by atoms with Gasteiger partial charge in [-0.15, -0.1) is 0 Å². The second kappa shape index (κ2) is 8.58. The lowest BCUT2D eigenvalue weighted by atomic mass is 10.0. The highest BCUT2D eigenvalue weighted by Gasteiger charge is 2.43. The van der Waals surface area contributed by atoms with E-state index in [0.717, 1.165) is 61.6 Å². The van der Waals surface area contributed by atoms with E-state index in [9.17, 15) is 4.79 Å². The molecule has 3 aliphatic rings. The van der Waals surface area contributed by atoms with Gasteiger partial charge < -0.3 is 14.1 Å². The van der Waals surface area contributed by atoms with Crippen LogP contribution in [0.15, 0.2) is 10.5 Å². The topological polar surface area (TPSA) is 45.9 Å². The fraction of sp³-hybridized carbons (Fsp3) is 0.762. The van der Waals surface area contributed by atoms with Crippen LogP contribution in [0.2, 0.25) is 0 Å². The molecule has 0 unspecified atom stereocenters. The number of carbonyl (C=O) groups excluding carboxylic acids is 1. The van der Waals surface area contributed by atoms with Gasteiger partial charge in [-0.1, -0.05) is 13.3 Å². The minimum absolute atomic E-state index is 0.0381. The maximum atomic E-state index is 13.0. The van der Waals surface area contributed by atoms with E-state index in [1.54, 1.807) is 0 Å². The van der Waals surface area contributed by atoms with E-state index in [1.807, 2.05) is 29.7 Å². The number of carbonyl (C=O) groups is 1. The van der Waals surface area contributed by atoms with Gasteiger partial charge in [-0.2, -0.15) is 11.8 Å². The number of morpholine rings is 1. The number of piperazine rings is 1. The zero-order valence-corrected chi connectivity index (χ0v) is 17.4. The van der Waals surface area contributed by atoms with Crippen LogP contribution in [0.1, 0.15) is 54.5 Å². The van der Waals surface area contributed by atoms with Crippen LogP contribution in [-0.2, 0) is 10.5 Å². The van der Waals surface area contributed by atoms with Crippen LogP contribution in [0.5, 0.6) is 0 Å². The van der Waals surface area contributed by atoms with Crippen LogP contribution < -0.4 is 0 Å². The van der Waals surface area contributed by atoms with Gasteiger partial charge in [-0.25, -0.2) is 0 Å². The molecule has 1 aromatic rings. The third-order valence-electron chi connectivity index (χ3n) is 6.14. The number of thioether (sulfide) groups is 1. The number of rotatable bonds is 7. The second-order valence-electron chi connectivity index (χ2n) is 8.18. The fourth-order valence-electron chi connectivity index (χ4n) is 4.30. The predicted octanol–water partition coefficient (Wildman–Crippen LogP) is 3.56. The molecule has 150 valence electrons. The van der Waals surface area contributed by atoms with E-state index in [-0.39, 0.29) is 5.91 Å². The summed E-state index contributed by atoms with van der Waals surface area (Å²) >= 11 is 1.92. The molecular formula is C21H32N2O3S. The van der Waals surface area contributed by atoms with Crippen LogP contribution >= 0.6 is 11.8 Å². The third kappa shape index (κ3) is 4.38. The third-order valence-corrected chi connectivity index (χ3v) is 7.23. The van der Waals surface area contributed by atoms with Gasteiger partial charge in [-0.3, -0.25) is 9.69 Å². The molecule has 5 nitrogen and oxygen atoms in total. The van der Waals surface area contributed by atoms with Crippen LogP contribution in [0.25, 0.3) is 0 Å². The predicted molar refractivity (Wildman–Crippen MR) is 108 cm³/mol. The van der Waals surface area contributed by atoms with Crippen molar-refractivity contribution in [3.8, 4) is 0 Å². The molecule has 0 bridgehead atoms. The van der Waals surface area contributed by atoms with E-state index in [0.29, 0.717) is 17.8 Å². The summed E-state index contributed by atoms with van der Waals surface area (Å²) in [7, 11) is 0. The number of aryl methyl sites for hydroxylation is 1. The van der Waals surface area contributed by atoms with E-state index < -0.39 is 0 Å². The SMILES string of the molecule is CCCCSCc1cc(C(=O)N2CCN3[C@@H](COC[C@@H]3C3CC3)C2)oc1C. The number of fused-ring (bicyclic) bond motifs is 1. The lowest BCUT2D eigenvalue weighted by molar-refractivity contribution is -0.0818. The Morgan fingerprint density at radius 1 is 1.30 bits per heavy atom. The molecule has 0 spiro atoms. The quantitative estimate of drug-likeness (QED) is 0.664. The average molecular weight is 393 g/mol. The molecule has 3 fully saturated rings. The van der Waals surface area contributed by atoms with E-state index in [1.165, 1.54) is 25.7 Å². The second-order valence-corrected chi connectivity index (χ2v) is 9.29. The smallest absolute Gasteiger partial charge is 0.289 e. The minimum Gasteiger partial charge on any atom is -0.456 e. The maximum absolute atomic E-state index is 13.0. The Morgan fingerprint density at radius 3 is 2.93 bits per heavy atom. The van der Waals surface area contributed by atoms with Gasteiger partial charge in [0.1, 0.15) is 5.76 Å². The summed E-state index contributed by atoms with van der Waals surface area (Å²) in [6.45, 7) is 8.29. The Balaban J connectivity index is 1.36. The van der Waals surface area contributed by atoms with Crippen LogP contribution in [0.3, 0.4) is 0 Å². The van der Waals surface area contributed by atoms with Crippen molar-refractivity contribution in [2.75, 3.05) is 38.6 Å². The summed E-state index contributed by atoms with van der Waals surface area (Å²) in [6, 6.07) is 2.87. The monoisotopic (exact) mass is 392 g/mol. The number of nitrogens with zero attached hydrogens (tertiary/aromatic N) is 2. The number of furan rings is 1. The van der Waals surface area contributed by atoms with Crippen LogP contribution in [0.4, 0.5) is 0 Å². The summed E-state index contributed by atoms with van der Waals surface area (Å²) in [6.07, 6.45) is 5.14. The molecule has 1 saturated carbocycles. The summed E-state index contributed by atoms with van der Waals surface area (Å²) < 4.78 is 11.7. The molecule has 1 aliphatic carbocycles. The summed E-state index contributed by atoms with van der Waals surface area (Å²) in [5, 5.41) is 0. The van der Waals surface area contributed by atoms with E-state index in [2.05, 4.69) is 11.8 Å². The van der Waals surface area contributed by atoms with Gasteiger partial charge >= 0.3 is 0 Å². The average Bonchev–Trinajstić information content (AvgIpc) is 3.47.